The third-order valence-electron chi connectivity index (χ3n) is 2.06. The number of halogens is 10. The summed E-state index contributed by atoms with van der Waals surface area (Å²) in [4.78, 5) is 10.1. The molecule has 19 heavy (non-hydrogen) atoms. The van der Waals surface area contributed by atoms with Crippen LogP contribution < -0.4 is 0 Å². The first-order chi connectivity index (χ1) is 8.14. The van der Waals surface area contributed by atoms with Gasteiger partial charge < -0.3 is 4.79 Å². The zero-order valence-corrected chi connectivity index (χ0v) is 8.76. The molecular weight excluding hydrogens is 302 g/mol. The van der Waals surface area contributed by atoms with Crippen LogP contribution in [0.4, 0.5) is 43.9 Å². The molecule has 1 nitrogen and oxygen atoms in total. The summed E-state index contributed by atoms with van der Waals surface area (Å²) >= 11 is 0. The maximum absolute atomic E-state index is 12.4. The summed E-state index contributed by atoms with van der Waals surface area (Å²) in [6, 6.07) is 0. The van der Waals surface area contributed by atoms with Crippen molar-refractivity contribution >= 4 is 6.29 Å². The van der Waals surface area contributed by atoms with Crippen LogP contribution in [0.5, 0.6) is 0 Å². The number of hydrogen-bond donors (Lipinski definition) is 0. The molecule has 0 bridgehead atoms. The molecule has 0 saturated carbocycles. The normalized spacial score (nSPS) is 14.9. The van der Waals surface area contributed by atoms with Crippen molar-refractivity contribution in [3.8, 4) is 0 Å². The molecule has 0 aliphatic heterocycles. The Morgan fingerprint density at radius 2 is 0.947 bits per heavy atom. The lowest BCUT2D eigenvalue weighted by Gasteiger charge is -2.26. The van der Waals surface area contributed by atoms with Gasteiger partial charge >= 0.3 is 24.2 Å². The minimum Gasteiger partial charge on any atom is -0.303 e. The number of hydrogen-bond acceptors (Lipinski definition) is 1. The molecule has 0 amide bonds. The molecule has 0 aromatic rings. The van der Waals surface area contributed by atoms with E-state index in [2.05, 4.69) is 0 Å². The Labute approximate surface area is 99.1 Å². The van der Waals surface area contributed by atoms with Crippen LogP contribution in [-0.4, -0.2) is 30.5 Å². The van der Waals surface area contributed by atoms with Gasteiger partial charge in [0.05, 0.1) is 0 Å². The minimum absolute atomic E-state index is 0.778. The van der Waals surface area contributed by atoms with Gasteiger partial charge in [-0.1, -0.05) is 0 Å². The summed E-state index contributed by atoms with van der Waals surface area (Å²) in [5.74, 6) is -13.8. The molecule has 114 valence electrons. The Hall–Kier alpha value is -1.03. The number of carbonyl (C=O) groups excluding carboxylic acids is 1. The van der Waals surface area contributed by atoms with Crippen molar-refractivity contribution in [2.24, 2.45) is 5.92 Å². The van der Waals surface area contributed by atoms with E-state index in [-0.39, 0.29) is 0 Å². The Morgan fingerprint density at radius 1 is 0.684 bits per heavy atom. The zero-order chi connectivity index (χ0) is 15.7. The van der Waals surface area contributed by atoms with Gasteiger partial charge in [-0.25, -0.2) is 0 Å². The fourth-order valence-corrected chi connectivity index (χ4v) is 1.06. The van der Waals surface area contributed by atoms with E-state index in [1.54, 1.807) is 0 Å². The van der Waals surface area contributed by atoms with E-state index in [0.717, 1.165) is 0 Å². The third kappa shape index (κ3) is 4.53. The van der Waals surface area contributed by atoms with Crippen LogP contribution in [0.25, 0.3) is 0 Å². The molecule has 0 atom stereocenters. The van der Waals surface area contributed by atoms with E-state index in [0.29, 0.717) is 0 Å². The molecule has 0 aromatic carbocycles. The van der Waals surface area contributed by atoms with Crippen molar-refractivity contribution in [3.63, 3.8) is 0 Å². The summed E-state index contributed by atoms with van der Waals surface area (Å²) in [5.41, 5.74) is 0. The van der Waals surface area contributed by atoms with Crippen molar-refractivity contribution < 1.29 is 48.7 Å². The van der Waals surface area contributed by atoms with Gasteiger partial charge in [0.15, 0.2) is 0 Å². The van der Waals surface area contributed by atoms with E-state index < -0.39 is 49.2 Å². The van der Waals surface area contributed by atoms with Gasteiger partial charge in [-0.3, -0.25) is 0 Å². The molecule has 0 aliphatic carbocycles. The maximum Gasteiger partial charge on any atom is 0.453 e. The quantitative estimate of drug-likeness (QED) is 0.555. The number of rotatable bonds is 5. The first-order valence-corrected chi connectivity index (χ1v) is 4.48. The monoisotopic (exact) mass is 308 g/mol. The summed E-state index contributed by atoms with van der Waals surface area (Å²) in [7, 11) is 0. The highest BCUT2D eigenvalue weighted by Gasteiger charge is 2.61. The Kier molecular flexibility index (Phi) is 4.88. The molecule has 0 unspecified atom stereocenters. The highest BCUT2D eigenvalue weighted by Crippen LogP contribution is 2.44. The van der Waals surface area contributed by atoms with Crippen molar-refractivity contribution in [3.05, 3.63) is 0 Å². The second-order valence-corrected chi connectivity index (χ2v) is 3.71. The summed E-state index contributed by atoms with van der Waals surface area (Å²) in [6.07, 6.45) is -18.0. The number of alkyl halides is 10. The summed E-state index contributed by atoms with van der Waals surface area (Å²) < 4.78 is 120. The molecule has 0 fully saturated rings. The van der Waals surface area contributed by atoms with Crippen LogP contribution >= 0.6 is 0 Å². The predicted octanol–water partition coefficient (Wildman–Crippen LogP) is 3.98. The van der Waals surface area contributed by atoms with Gasteiger partial charge in [0.1, 0.15) is 6.29 Å². The van der Waals surface area contributed by atoms with Crippen LogP contribution in [-0.2, 0) is 4.79 Å². The van der Waals surface area contributed by atoms with Crippen molar-refractivity contribution in [1.82, 2.24) is 0 Å². The predicted molar refractivity (Wildman–Crippen MR) is 40.8 cm³/mol. The second kappa shape index (κ2) is 5.16. The van der Waals surface area contributed by atoms with Crippen LogP contribution in [0.15, 0.2) is 0 Å². The lowest BCUT2D eigenvalue weighted by molar-refractivity contribution is -0.299. The first-order valence-electron chi connectivity index (χ1n) is 4.48. The molecule has 0 N–H and O–H groups in total. The van der Waals surface area contributed by atoms with Gasteiger partial charge in [0.2, 0.25) is 0 Å². The summed E-state index contributed by atoms with van der Waals surface area (Å²) in [5, 5.41) is 0. The molecular formula is C8H6F10O. The lowest BCUT2D eigenvalue weighted by Crippen LogP contribution is -2.42. The molecule has 0 radical (unpaired) electrons. The molecule has 0 heterocycles. The molecule has 0 saturated heterocycles. The molecule has 11 heteroatoms. The van der Waals surface area contributed by atoms with Gasteiger partial charge in [-0.05, 0) is 0 Å². The third-order valence-corrected chi connectivity index (χ3v) is 2.06. The molecule has 0 aliphatic rings. The highest BCUT2D eigenvalue weighted by molar-refractivity contribution is 5.53. The molecule has 0 aromatic heterocycles. The molecule has 0 spiro atoms. The smallest absolute Gasteiger partial charge is 0.303 e. The van der Waals surface area contributed by atoms with Gasteiger partial charge in [0.25, 0.3) is 0 Å². The number of carbonyl (C=O) groups is 1. The lowest BCUT2D eigenvalue weighted by atomic mass is 9.95. The zero-order valence-electron chi connectivity index (χ0n) is 8.76. The maximum atomic E-state index is 12.4. The Bertz CT molecular complexity index is 286. The fourth-order valence-electron chi connectivity index (χ4n) is 1.06. The fraction of sp³-hybridized carbons (Fsp3) is 0.875. The Morgan fingerprint density at radius 3 is 1.11 bits per heavy atom. The van der Waals surface area contributed by atoms with Crippen LogP contribution in [0.1, 0.15) is 12.8 Å². The van der Waals surface area contributed by atoms with Crippen LogP contribution in [0.3, 0.4) is 0 Å². The number of aldehydes is 1. The van der Waals surface area contributed by atoms with E-state index >= 15 is 0 Å². The van der Waals surface area contributed by atoms with E-state index in [4.69, 9.17) is 0 Å². The van der Waals surface area contributed by atoms with Crippen molar-refractivity contribution in [1.29, 1.82) is 0 Å². The van der Waals surface area contributed by atoms with Crippen molar-refractivity contribution in [2.75, 3.05) is 0 Å². The minimum atomic E-state index is -6.14. The second-order valence-electron chi connectivity index (χ2n) is 3.71. The van der Waals surface area contributed by atoms with Crippen LogP contribution in [0, 0.1) is 5.92 Å². The highest BCUT2D eigenvalue weighted by atomic mass is 19.4. The van der Waals surface area contributed by atoms with Gasteiger partial charge in [-0.15, -0.1) is 0 Å². The van der Waals surface area contributed by atoms with Gasteiger partial charge in [-0.2, -0.15) is 43.9 Å². The van der Waals surface area contributed by atoms with Crippen molar-refractivity contribution in [2.45, 2.75) is 37.0 Å². The SMILES string of the molecule is O=CC(CC(F)(F)C(F)(F)F)CC(F)(F)C(F)(F)F. The largest absolute Gasteiger partial charge is 0.453 e. The molecule has 0 rings (SSSR count). The standard InChI is InChI=1S/C8H6F10O/c9-5(10,7(13,14)15)1-4(3-19)2-6(11,12)8(16,17)18/h3-4H,1-2H2. The first kappa shape index (κ1) is 18.0. The van der Waals surface area contributed by atoms with E-state index in [9.17, 15) is 48.7 Å². The average Bonchev–Trinajstić information content (AvgIpc) is 2.12. The average molecular weight is 308 g/mol. The Balaban J connectivity index is 4.95. The van der Waals surface area contributed by atoms with E-state index in [1.807, 2.05) is 0 Å². The van der Waals surface area contributed by atoms with Gasteiger partial charge in [0, 0.05) is 18.8 Å². The topological polar surface area (TPSA) is 17.1 Å². The van der Waals surface area contributed by atoms with Crippen LogP contribution in [0.2, 0.25) is 0 Å². The van der Waals surface area contributed by atoms with E-state index in [1.165, 1.54) is 0 Å². The summed E-state index contributed by atoms with van der Waals surface area (Å²) in [6.45, 7) is 0.